The average molecular weight is 307 g/mol. The number of amides is 1. The topological polar surface area (TPSA) is 75.4 Å². The fraction of sp³-hybridized carbons (Fsp3) is 0. The van der Waals surface area contributed by atoms with Gasteiger partial charge in [-0.25, -0.2) is 0 Å². The second-order valence-electron chi connectivity index (χ2n) is 3.71. The fourth-order valence-electron chi connectivity index (χ4n) is 1.45. The quantitative estimate of drug-likeness (QED) is 0.590. The second kappa shape index (κ2) is 5.10. The monoisotopic (exact) mass is 306 g/mol. The predicted molar refractivity (Wildman–Crippen MR) is 74.6 cm³/mol. The molecule has 0 saturated carbocycles. The van der Waals surface area contributed by atoms with Gasteiger partial charge < -0.3 is 16.2 Å². The minimum Gasteiger partial charge on any atom is -0.505 e. The molecule has 2 rings (SSSR count). The molecular weight excluding hydrogens is 296 g/mol. The number of hydrogen-bond donors (Lipinski definition) is 3. The number of carbonyl (C=O) groups is 1. The van der Waals surface area contributed by atoms with Crippen LogP contribution in [0.5, 0.6) is 5.75 Å². The van der Waals surface area contributed by atoms with Crippen LogP contribution in [0.15, 0.2) is 46.9 Å². The van der Waals surface area contributed by atoms with Crippen LogP contribution < -0.4 is 11.1 Å². The zero-order chi connectivity index (χ0) is 13.1. The fourth-order valence-corrected chi connectivity index (χ4v) is 1.81. The lowest BCUT2D eigenvalue weighted by Crippen LogP contribution is -2.11. The van der Waals surface area contributed by atoms with Gasteiger partial charge in [0.25, 0.3) is 5.91 Å². The molecule has 0 aromatic heterocycles. The van der Waals surface area contributed by atoms with Gasteiger partial charge in [-0.15, -0.1) is 0 Å². The average Bonchev–Trinajstić information content (AvgIpc) is 2.36. The van der Waals surface area contributed by atoms with Crippen molar-refractivity contribution in [3.63, 3.8) is 0 Å². The third kappa shape index (κ3) is 2.62. The van der Waals surface area contributed by atoms with Crippen LogP contribution in [0.2, 0.25) is 0 Å². The maximum atomic E-state index is 11.9. The number of nitrogens with one attached hydrogen (secondary N) is 1. The number of para-hydroxylation sites is 1. The van der Waals surface area contributed by atoms with E-state index in [2.05, 4.69) is 21.2 Å². The van der Waals surface area contributed by atoms with Gasteiger partial charge in [-0.1, -0.05) is 6.07 Å². The number of benzene rings is 2. The smallest absolute Gasteiger partial charge is 0.255 e. The molecule has 1 amide bonds. The van der Waals surface area contributed by atoms with Crippen LogP contribution in [0.1, 0.15) is 10.4 Å². The number of hydrogen-bond acceptors (Lipinski definition) is 3. The largest absolute Gasteiger partial charge is 0.505 e. The van der Waals surface area contributed by atoms with E-state index in [1.165, 1.54) is 0 Å². The molecule has 4 nitrogen and oxygen atoms in total. The van der Waals surface area contributed by atoms with Crippen molar-refractivity contribution >= 4 is 33.2 Å². The van der Waals surface area contributed by atoms with E-state index in [1.54, 1.807) is 42.5 Å². The Bertz CT molecular complexity index is 582. The maximum Gasteiger partial charge on any atom is 0.255 e. The van der Waals surface area contributed by atoms with E-state index in [0.717, 1.165) is 0 Å². The Morgan fingerprint density at radius 3 is 2.50 bits per heavy atom. The second-order valence-corrected chi connectivity index (χ2v) is 4.57. The summed E-state index contributed by atoms with van der Waals surface area (Å²) >= 11 is 3.18. The Morgan fingerprint density at radius 1 is 1.17 bits per heavy atom. The van der Waals surface area contributed by atoms with Crippen molar-refractivity contribution in [2.45, 2.75) is 0 Å². The van der Waals surface area contributed by atoms with Gasteiger partial charge in [0.1, 0.15) is 0 Å². The van der Waals surface area contributed by atoms with Gasteiger partial charge in [0.2, 0.25) is 0 Å². The molecule has 0 saturated heterocycles. The number of aromatic hydroxyl groups is 1. The van der Waals surface area contributed by atoms with E-state index >= 15 is 0 Å². The molecule has 0 fully saturated rings. The first-order chi connectivity index (χ1) is 8.58. The summed E-state index contributed by atoms with van der Waals surface area (Å²) in [4.78, 5) is 11.9. The SMILES string of the molecule is Nc1ccc(C(=O)Nc2cccc(Br)c2O)cc1. The summed E-state index contributed by atoms with van der Waals surface area (Å²) < 4.78 is 0.526. The molecule has 92 valence electrons. The molecule has 4 N–H and O–H groups in total. The molecule has 2 aromatic rings. The minimum atomic E-state index is -0.302. The first kappa shape index (κ1) is 12.4. The van der Waals surface area contributed by atoms with Gasteiger partial charge >= 0.3 is 0 Å². The molecule has 0 radical (unpaired) electrons. The van der Waals surface area contributed by atoms with Gasteiger partial charge in [0.05, 0.1) is 10.2 Å². The van der Waals surface area contributed by atoms with Gasteiger partial charge in [0.15, 0.2) is 5.75 Å². The summed E-state index contributed by atoms with van der Waals surface area (Å²) in [6.07, 6.45) is 0. The first-order valence-corrected chi connectivity index (χ1v) is 6.01. The molecule has 0 bridgehead atoms. The highest BCUT2D eigenvalue weighted by Crippen LogP contribution is 2.31. The highest BCUT2D eigenvalue weighted by atomic mass is 79.9. The Kier molecular flexibility index (Phi) is 3.53. The maximum absolute atomic E-state index is 11.9. The van der Waals surface area contributed by atoms with Gasteiger partial charge in [-0.05, 0) is 52.3 Å². The summed E-state index contributed by atoms with van der Waals surface area (Å²) in [6, 6.07) is 11.6. The lowest BCUT2D eigenvalue weighted by molar-refractivity contribution is 0.102. The normalized spacial score (nSPS) is 10.1. The highest BCUT2D eigenvalue weighted by Gasteiger charge is 2.10. The molecule has 18 heavy (non-hydrogen) atoms. The van der Waals surface area contributed by atoms with E-state index in [0.29, 0.717) is 21.4 Å². The van der Waals surface area contributed by atoms with Crippen molar-refractivity contribution in [3.05, 3.63) is 52.5 Å². The van der Waals surface area contributed by atoms with Crippen LogP contribution in [0, 0.1) is 0 Å². The van der Waals surface area contributed by atoms with E-state index in [-0.39, 0.29) is 11.7 Å². The molecular formula is C13H11BrN2O2. The van der Waals surface area contributed by atoms with Crippen LogP contribution in [0.4, 0.5) is 11.4 Å². The van der Waals surface area contributed by atoms with E-state index in [1.807, 2.05) is 0 Å². The highest BCUT2D eigenvalue weighted by molar-refractivity contribution is 9.10. The van der Waals surface area contributed by atoms with Crippen molar-refractivity contribution in [1.29, 1.82) is 0 Å². The van der Waals surface area contributed by atoms with Crippen molar-refractivity contribution < 1.29 is 9.90 Å². The summed E-state index contributed by atoms with van der Waals surface area (Å²) in [5.74, 6) is -0.301. The summed E-state index contributed by atoms with van der Waals surface area (Å²) in [5, 5.41) is 12.4. The lowest BCUT2D eigenvalue weighted by atomic mass is 10.2. The van der Waals surface area contributed by atoms with Crippen LogP contribution >= 0.6 is 15.9 Å². The summed E-state index contributed by atoms with van der Waals surface area (Å²) in [5.41, 5.74) is 6.97. The van der Waals surface area contributed by atoms with Crippen molar-refractivity contribution in [3.8, 4) is 5.75 Å². The van der Waals surface area contributed by atoms with Gasteiger partial charge in [0, 0.05) is 11.3 Å². The van der Waals surface area contributed by atoms with Crippen LogP contribution in [-0.4, -0.2) is 11.0 Å². The standard InChI is InChI=1S/C13H11BrN2O2/c14-10-2-1-3-11(12(10)17)16-13(18)8-4-6-9(15)7-5-8/h1-7,17H,15H2,(H,16,18). The summed E-state index contributed by atoms with van der Waals surface area (Å²) in [6.45, 7) is 0. The van der Waals surface area contributed by atoms with Gasteiger partial charge in [-0.3, -0.25) is 4.79 Å². The number of carbonyl (C=O) groups excluding carboxylic acids is 1. The molecule has 0 aliphatic rings. The van der Waals surface area contributed by atoms with E-state index in [9.17, 15) is 9.90 Å². The predicted octanol–water partition coefficient (Wildman–Crippen LogP) is 2.99. The number of anilines is 2. The third-order valence-electron chi connectivity index (χ3n) is 2.41. The zero-order valence-electron chi connectivity index (χ0n) is 9.35. The number of phenols is 1. The number of nitrogen functional groups attached to an aromatic ring is 1. The summed E-state index contributed by atoms with van der Waals surface area (Å²) in [7, 11) is 0. The number of phenolic OH excluding ortho intramolecular Hbond substituents is 1. The van der Waals surface area contributed by atoms with Crippen LogP contribution in [0.3, 0.4) is 0 Å². The van der Waals surface area contributed by atoms with E-state index < -0.39 is 0 Å². The first-order valence-electron chi connectivity index (χ1n) is 5.22. The minimum absolute atomic E-state index is 0.00120. The molecule has 2 aromatic carbocycles. The van der Waals surface area contributed by atoms with Crippen molar-refractivity contribution in [1.82, 2.24) is 0 Å². The molecule has 0 aliphatic heterocycles. The number of halogens is 1. The lowest BCUT2D eigenvalue weighted by Gasteiger charge is -2.08. The number of nitrogens with two attached hydrogens (primary N) is 1. The zero-order valence-corrected chi connectivity index (χ0v) is 10.9. The van der Waals surface area contributed by atoms with E-state index in [4.69, 9.17) is 5.73 Å². The van der Waals surface area contributed by atoms with Crippen molar-refractivity contribution in [2.75, 3.05) is 11.1 Å². The Labute approximate surface area is 113 Å². The molecule has 0 heterocycles. The van der Waals surface area contributed by atoms with Gasteiger partial charge in [-0.2, -0.15) is 0 Å². The Hall–Kier alpha value is -2.01. The van der Waals surface area contributed by atoms with Crippen molar-refractivity contribution in [2.24, 2.45) is 0 Å². The Morgan fingerprint density at radius 2 is 1.83 bits per heavy atom. The van der Waals surface area contributed by atoms with Crippen LogP contribution in [-0.2, 0) is 0 Å². The molecule has 0 unspecified atom stereocenters. The molecule has 0 aliphatic carbocycles. The van der Waals surface area contributed by atoms with Crippen LogP contribution in [0.25, 0.3) is 0 Å². The molecule has 0 spiro atoms. The number of rotatable bonds is 2. The Balaban J connectivity index is 2.21. The molecule has 0 atom stereocenters. The third-order valence-corrected chi connectivity index (χ3v) is 3.05. The molecule has 5 heteroatoms.